The van der Waals surface area contributed by atoms with Crippen LogP contribution in [0.1, 0.15) is 71.6 Å². The summed E-state index contributed by atoms with van der Waals surface area (Å²) in [5.41, 5.74) is -0.531. The highest BCUT2D eigenvalue weighted by Gasteiger charge is 2.59. The van der Waals surface area contributed by atoms with Crippen molar-refractivity contribution in [3.05, 3.63) is 12.4 Å². The second-order valence-electron chi connectivity index (χ2n) is 11.4. The van der Waals surface area contributed by atoms with Gasteiger partial charge in [0.25, 0.3) is 0 Å². The van der Waals surface area contributed by atoms with Crippen molar-refractivity contribution in [1.29, 1.82) is 0 Å². The Bertz CT molecular complexity index is 781. The van der Waals surface area contributed by atoms with E-state index in [0.717, 1.165) is 32.1 Å². The van der Waals surface area contributed by atoms with Gasteiger partial charge in [0.15, 0.2) is 5.78 Å². The topological polar surface area (TPSA) is 68.0 Å². The van der Waals surface area contributed by atoms with Crippen LogP contribution in [0, 0.1) is 40.9 Å². The van der Waals surface area contributed by atoms with Gasteiger partial charge in [-0.25, -0.2) is 9.07 Å². The number of aliphatic hydroxyl groups is 1. The molecular formula is C24H36FN3O2. The maximum atomic E-state index is 15.4. The largest absolute Gasteiger partial charge is 0.390 e. The Morgan fingerprint density at radius 1 is 1.13 bits per heavy atom. The molecule has 1 unspecified atom stereocenters. The van der Waals surface area contributed by atoms with Crippen molar-refractivity contribution in [2.75, 3.05) is 0 Å². The fraction of sp³-hybridized carbons (Fsp3) is 0.875. The summed E-state index contributed by atoms with van der Waals surface area (Å²) in [5, 5.41) is 18.2. The van der Waals surface area contributed by atoms with Crippen molar-refractivity contribution in [2.45, 2.75) is 90.0 Å². The lowest BCUT2D eigenvalue weighted by Gasteiger charge is -2.57. The highest BCUT2D eigenvalue weighted by molar-refractivity contribution is 5.78. The zero-order chi connectivity index (χ0) is 21.1. The molecule has 0 saturated heterocycles. The number of hydrogen-bond donors (Lipinski definition) is 1. The number of rotatable bonds is 4. The summed E-state index contributed by atoms with van der Waals surface area (Å²) in [4.78, 5) is 12.7. The van der Waals surface area contributed by atoms with E-state index in [2.05, 4.69) is 17.2 Å². The third-order valence-electron chi connectivity index (χ3n) is 9.73. The third-order valence-corrected chi connectivity index (χ3v) is 9.73. The van der Waals surface area contributed by atoms with Gasteiger partial charge in [0.05, 0.1) is 11.8 Å². The molecule has 1 heterocycles. The second kappa shape index (κ2) is 7.39. The Morgan fingerprint density at radius 3 is 2.67 bits per heavy atom. The molecular weight excluding hydrogens is 381 g/mol. The fourth-order valence-electron chi connectivity index (χ4n) is 8.28. The highest BCUT2D eigenvalue weighted by atomic mass is 19.1. The predicted octanol–water partition coefficient (Wildman–Crippen LogP) is 4.21. The van der Waals surface area contributed by atoms with Crippen molar-refractivity contribution in [1.82, 2.24) is 15.0 Å². The first-order valence-corrected chi connectivity index (χ1v) is 12.0. The van der Waals surface area contributed by atoms with E-state index in [4.69, 9.17) is 0 Å². The lowest BCUT2D eigenvalue weighted by molar-refractivity contribution is -0.131. The van der Waals surface area contributed by atoms with E-state index in [1.807, 2.05) is 6.92 Å². The third kappa shape index (κ3) is 3.43. The quantitative estimate of drug-likeness (QED) is 0.797. The molecule has 4 aliphatic carbocycles. The first-order valence-electron chi connectivity index (χ1n) is 12.0. The number of aromatic nitrogens is 3. The highest BCUT2D eigenvalue weighted by Crippen LogP contribution is 2.65. The lowest BCUT2D eigenvalue weighted by atomic mass is 9.48. The molecule has 1 N–H and O–H groups in total. The number of fused-ring (bicyclic) bond motifs is 5. The number of halogens is 1. The number of alkyl halides is 1. The predicted molar refractivity (Wildman–Crippen MR) is 111 cm³/mol. The Kier molecular flexibility index (Phi) is 5.07. The van der Waals surface area contributed by atoms with Crippen LogP contribution in [0.2, 0.25) is 0 Å². The monoisotopic (exact) mass is 417 g/mol. The molecule has 4 saturated carbocycles. The maximum Gasteiger partial charge on any atom is 0.154 e. The van der Waals surface area contributed by atoms with Gasteiger partial charge in [0.2, 0.25) is 0 Å². The summed E-state index contributed by atoms with van der Waals surface area (Å²) in [6, 6.07) is 0. The molecule has 0 amide bonds. The minimum atomic E-state index is -0.779. The van der Waals surface area contributed by atoms with Crippen LogP contribution in [0.4, 0.5) is 4.39 Å². The van der Waals surface area contributed by atoms with Crippen LogP contribution in [0.25, 0.3) is 0 Å². The Morgan fingerprint density at radius 2 is 1.90 bits per heavy atom. The van der Waals surface area contributed by atoms with Crippen LogP contribution in [0.3, 0.4) is 0 Å². The van der Waals surface area contributed by atoms with Crippen LogP contribution in [-0.4, -0.2) is 37.7 Å². The lowest BCUT2D eigenvalue weighted by Crippen LogP contribution is -2.54. The number of carbonyl (C=O) groups is 1. The fourth-order valence-corrected chi connectivity index (χ4v) is 8.28. The van der Waals surface area contributed by atoms with Crippen molar-refractivity contribution in [3.63, 3.8) is 0 Å². The molecule has 5 rings (SSSR count). The van der Waals surface area contributed by atoms with Crippen molar-refractivity contribution in [2.24, 2.45) is 40.9 Å². The molecule has 4 aliphatic rings. The number of nitrogens with zero attached hydrogens (tertiary/aromatic N) is 3. The molecule has 9 atom stereocenters. The molecule has 166 valence electrons. The van der Waals surface area contributed by atoms with Crippen LogP contribution in [0.15, 0.2) is 12.4 Å². The molecule has 0 aliphatic heterocycles. The van der Waals surface area contributed by atoms with Gasteiger partial charge in [-0.3, -0.25) is 4.79 Å². The molecule has 1 aromatic heterocycles. The Hall–Kier alpha value is -1.30. The molecule has 6 heteroatoms. The van der Waals surface area contributed by atoms with E-state index < -0.39 is 11.8 Å². The first kappa shape index (κ1) is 20.6. The first-order chi connectivity index (χ1) is 14.3. The molecule has 1 aromatic rings. The van der Waals surface area contributed by atoms with Gasteiger partial charge in [-0.2, -0.15) is 0 Å². The van der Waals surface area contributed by atoms with Crippen LogP contribution >= 0.6 is 0 Å². The number of carbonyl (C=O) groups excluding carboxylic acids is 1. The van der Waals surface area contributed by atoms with E-state index >= 15 is 4.39 Å². The van der Waals surface area contributed by atoms with Gasteiger partial charge in [-0.05, 0) is 99.2 Å². The summed E-state index contributed by atoms with van der Waals surface area (Å²) in [6.07, 6.45) is 10.8. The van der Waals surface area contributed by atoms with Crippen LogP contribution in [-0.2, 0) is 11.3 Å². The molecule has 30 heavy (non-hydrogen) atoms. The summed E-state index contributed by atoms with van der Waals surface area (Å²) in [6.45, 7) is 4.58. The average molecular weight is 418 g/mol. The molecule has 0 bridgehead atoms. The van der Waals surface area contributed by atoms with Gasteiger partial charge in [0, 0.05) is 12.6 Å². The van der Waals surface area contributed by atoms with Gasteiger partial charge in [-0.1, -0.05) is 12.1 Å². The Balaban J connectivity index is 1.29. The van der Waals surface area contributed by atoms with E-state index in [1.165, 1.54) is 6.42 Å². The molecule has 5 nitrogen and oxygen atoms in total. The standard InChI is InChI=1S/C24H36FN3O2/c1-23(30)7-5-18-17-6-8-24(2)15(11-16(29)14-28-10-9-26-27-28)3-4-21(24)19(17)12-22(25)20(18)13-23/h9-10,15,17-22,30H,3-8,11-14H2,1-2H3/t15?,17-,18-,19-,20-,21+,22-,23-,24-/m1/s1. The molecule has 0 radical (unpaired) electrons. The second-order valence-corrected chi connectivity index (χ2v) is 11.4. The normalized spacial score (nSPS) is 47.9. The SMILES string of the molecule is C[C@@]1(O)CC[C@@H]2[C@H]3CC[C@]4(C)C(CC(=O)Cn5ccnn5)CC[C@H]4[C@@H]3C[C@@H](F)[C@@H]2C1. The van der Waals surface area contributed by atoms with Gasteiger partial charge >= 0.3 is 0 Å². The van der Waals surface area contributed by atoms with Crippen molar-refractivity contribution in [3.8, 4) is 0 Å². The van der Waals surface area contributed by atoms with Crippen molar-refractivity contribution >= 4 is 5.78 Å². The number of ketones is 1. The molecule has 0 aromatic carbocycles. The smallest absolute Gasteiger partial charge is 0.154 e. The minimum absolute atomic E-state index is 0.0424. The molecule has 0 spiro atoms. The zero-order valence-electron chi connectivity index (χ0n) is 18.3. The number of hydrogen-bond acceptors (Lipinski definition) is 4. The van der Waals surface area contributed by atoms with E-state index in [1.54, 1.807) is 17.1 Å². The van der Waals surface area contributed by atoms with Crippen LogP contribution < -0.4 is 0 Å². The number of Topliss-reactive ketones (excluding diaryl/α,β-unsaturated/α-hetero) is 1. The summed E-state index contributed by atoms with van der Waals surface area (Å²) in [5.74, 6) is 2.73. The van der Waals surface area contributed by atoms with Crippen LogP contribution in [0.5, 0.6) is 0 Å². The maximum absolute atomic E-state index is 15.4. The van der Waals surface area contributed by atoms with E-state index in [-0.39, 0.29) is 17.1 Å². The molecule has 4 fully saturated rings. The Labute approximate surface area is 178 Å². The van der Waals surface area contributed by atoms with Gasteiger partial charge in [0.1, 0.15) is 12.7 Å². The minimum Gasteiger partial charge on any atom is -0.390 e. The van der Waals surface area contributed by atoms with E-state index in [9.17, 15) is 9.90 Å². The summed E-state index contributed by atoms with van der Waals surface area (Å²) in [7, 11) is 0. The van der Waals surface area contributed by atoms with Gasteiger partial charge < -0.3 is 5.11 Å². The average Bonchev–Trinajstić information content (AvgIpc) is 3.30. The van der Waals surface area contributed by atoms with E-state index in [0.29, 0.717) is 55.4 Å². The summed E-state index contributed by atoms with van der Waals surface area (Å²) >= 11 is 0. The zero-order valence-corrected chi connectivity index (χ0v) is 18.3. The summed E-state index contributed by atoms with van der Waals surface area (Å²) < 4.78 is 17.0. The van der Waals surface area contributed by atoms with Crippen molar-refractivity contribution < 1.29 is 14.3 Å². The van der Waals surface area contributed by atoms with Gasteiger partial charge in [-0.15, -0.1) is 5.10 Å².